The molecular formula is C13H20N4O3S. The molecule has 0 bridgehead atoms. The zero-order valence-electron chi connectivity index (χ0n) is 12.1. The van der Waals surface area contributed by atoms with Gasteiger partial charge in [0.25, 0.3) is 5.56 Å². The molecule has 1 heterocycles. The number of nitrogens with two attached hydrogens (primary N) is 1. The number of hydrogen-bond donors (Lipinski definition) is 3. The quantitative estimate of drug-likeness (QED) is 0.480. The molecule has 21 heavy (non-hydrogen) atoms. The number of carbonyl (C=O) groups excluding carboxylic acids is 2. The topological polar surface area (TPSA) is 118 Å². The van der Waals surface area contributed by atoms with Gasteiger partial charge in [0.2, 0.25) is 5.91 Å². The van der Waals surface area contributed by atoms with E-state index in [0.29, 0.717) is 6.42 Å². The van der Waals surface area contributed by atoms with Crippen molar-refractivity contribution in [1.82, 2.24) is 15.3 Å². The van der Waals surface area contributed by atoms with Gasteiger partial charge in [-0.05, 0) is 13.3 Å². The number of rotatable bonds is 8. The van der Waals surface area contributed by atoms with Crippen LogP contribution in [0.1, 0.15) is 33.1 Å². The van der Waals surface area contributed by atoms with Crippen molar-refractivity contribution in [3.05, 3.63) is 16.4 Å². The third-order valence-corrected chi connectivity index (χ3v) is 3.63. The van der Waals surface area contributed by atoms with Crippen LogP contribution in [0.25, 0.3) is 0 Å². The Labute approximate surface area is 127 Å². The van der Waals surface area contributed by atoms with Crippen LogP contribution in [0.5, 0.6) is 0 Å². The number of nitrogens with one attached hydrogen (secondary N) is 2. The Morgan fingerprint density at radius 2 is 2.24 bits per heavy atom. The first kappa shape index (κ1) is 17.2. The van der Waals surface area contributed by atoms with Crippen molar-refractivity contribution < 1.29 is 9.59 Å². The maximum atomic E-state index is 11.8. The molecule has 0 saturated carbocycles. The minimum Gasteiger partial charge on any atom is -0.383 e. The number of aromatic nitrogens is 2. The van der Waals surface area contributed by atoms with Crippen LogP contribution < -0.4 is 16.6 Å². The first-order chi connectivity index (χ1) is 9.92. The Bertz CT molecular complexity index is 559. The van der Waals surface area contributed by atoms with Crippen molar-refractivity contribution in [2.45, 2.75) is 44.3 Å². The number of amides is 1. The van der Waals surface area contributed by atoms with E-state index >= 15 is 0 Å². The van der Waals surface area contributed by atoms with Crippen LogP contribution in [0, 0.1) is 0 Å². The fourth-order valence-corrected chi connectivity index (χ4v) is 2.37. The highest BCUT2D eigenvalue weighted by Crippen LogP contribution is 2.11. The van der Waals surface area contributed by atoms with E-state index in [1.54, 1.807) is 0 Å². The number of nitrogens with zero attached hydrogens (tertiary/aromatic N) is 1. The molecule has 1 aromatic heterocycles. The van der Waals surface area contributed by atoms with E-state index in [1.165, 1.54) is 13.0 Å². The van der Waals surface area contributed by atoms with E-state index in [4.69, 9.17) is 5.73 Å². The Hall–Kier alpha value is -1.83. The highest BCUT2D eigenvalue weighted by molar-refractivity contribution is 7.99. The molecule has 1 rings (SSSR count). The van der Waals surface area contributed by atoms with Crippen molar-refractivity contribution in [2.75, 3.05) is 11.5 Å². The molecule has 0 aromatic carbocycles. The number of hydrogen-bond acceptors (Lipinski definition) is 6. The molecule has 1 amide bonds. The van der Waals surface area contributed by atoms with E-state index < -0.39 is 6.04 Å². The number of unbranched alkanes of at least 4 members (excludes halogenated alkanes) is 1. The molecule has 0 saturated heterocycles. The molecule has 0 aliphatic carbocycles. The van der Waals surface area contributed by atoms with Gasteiger partial charge in [-0.1, -0.05) is 31.5 Å². The molecule has 0 fully saturated rings. The monoisotopic (exact) mass is 312 g/mol. The van der Waals surface area contributed by atoms with E-state index in [2.05, 4.69) is 15.3 Å². The van der Waals surface area contributed by atoms with Gasteiger partial charge in [0.15, 0.2) is 10.9 Å². The molecule has 0 radical (unpaired) electrons. The molecule has 0 aliphatic rings. The number of Topliss-reactive ketones (excluding diaryl/α,β-unsaturated/α-hetero) is 1. The van der Waals surface area contributed by atoms with Gasteiger partial charge in [-0.3, -0.25) is 14.4 Å². The number of nitrogen functional groups attached to an aromatic ring is 1. The van der Waals surface area contributed by atoms with Gasteiger partial charge in [-0.25, -0.2) is 4.98 Å². The maximum absolute atomic E-state index is 11.8. The molecule has 0 unspecified atom stereocenters. The van der Waals surface area contributed by atoms with Gasteiger partial charge in [0, 0.05) is 6.07 Å². The van der Waals surface area contributed by atoms with E-state index in [9.17, 15) is 14.4 Å². The van der Waals surface area contributed by atoms with E-state index in [-0.39, 0.29) is 34.0 Å². The summed E-state index contributed by atoms with van der Waals surface area (Å²) in [4.78, 5) is 40.9. The van der Waals surface area contributed by atoms with Crippen molar-refractivity contribution in [1.29, 1.82) is 0 Å². The van der Waals surface area contributed by atoms with Crippen LogP contribution in [-0.4, -0.2) is 33.5 Å². The first-order valence-corrected chi connectivity index (χ1v) is 7.70. The lowest BCUT2D eigenvalue weighted by molar-refractivity contribution is -0.125. The molecule has 7 nitrogen and oxygen atoms in total. The lowest BCUT2D eigenvalue weighted by Crippen LogP contribution is -2.40. The van der Waals surface area contributed by atoms with Gasteiger partial charge in [0.05, 0.1) is 11.8 Å². The fraction of sp³-hybridized carbons (Fsp3) is 0.538. The van der Waals surface area contributed by atoms with Gasteiger partial charge in [0.1, 0.15) is 5.82 Å². The molecule has 4 N–H and O–H groups in total. The molecule has 1 atom stereocenters. The van der Waals surface area contributed by atoms with Gasteiger partial charge >= 0.3 is 0 Å². The highest BCUT2D eigenvalue weighted by Gasteiger charge is 2.16. The van der Waals surface area contributed by atoms with Crippen molar-refractivity contribution in [3.63, 3.8) is 0 Å². The minimum atomic E-state index is -0.453. The number of aromatic amines is 1. The normalized spacial score (nSPS) is 11.9. The summed E-state index contributed by atoms with van der Waals surface area (Å²) in [6.45, 7) is 3.49. The van der Waals surface area contributed by atoms with E-state index in [0.717, 1.165) is 24.6 Å². The third-order valence-electron chi connectivity index (χ3n) is 2.75. The standard InChI is InChI=1S/C13H20N4O3S/c1-3-4-5-9(8(2)18)15-12(20)7-21-13-16-10(14)6-11(19)17-13/h6,9H,3-5,7H2,1-2H3,(H,15,20)(H3,14,16,17,19)/t9-/m1/s1. The van der Waals surface area contributed by atoms with Crippen LogP contribution >= 0.6 is 11.8 Å². The number of carbonyl (C=O) groups is 2. The van der Waals surface area contributed by atoms with Crippen LogP contribution in [0.15, 0.2) is 16.0 Å². The number of ketones is 1. The van der Waals surface area contributed by atoms with Crippen LogP contribution in [-0.2, 0) is 9.59 Å². The third kappa shape index (κ3) is 6.44. The Morgan fingerprint density at radius 3 is 2.81 bits per heavy atom. The second-order valence-corrected chi connectivity index (χ2v) is 5.60. The van der Waals surface area contributed by atoms with Gasteiger partial charge in [-0.2, -0.15) is 0 Å². The Morgan fingerprint density at radius 1 is 1.52 bits per heavy atom. The predicted octanol–water partition coefficient (Wildman–Crippen LogP) is 0.708. The summed E-state index contributed by atoms with van der Waals surface area (Å²) >= 11 is 1.06. The first-order valence-electron chi connectivity index (χ1n) is 6.71. The van der Waals surface area contributed by atoms with E-state index in [1.807, 2.05) is 6.92 Å². The molecular weight excluding hydrogens is 292 g/mol. The van der Waals surface area contributed by atoms with Crippen molar-refractivity contribution >= 4 is 29.3 Å². The number of thioether (sulfide) groups is 1. The largest absolute Gasteiger partial charge is 0.383 e. The second kappa shape index (κ2) is 8.46. The lowest BCUT2D eigenvalue weighted by Gasteiger charge is -2.15. The molecule has 8 heteroatoms. The molecule has 0 aliphatic heterocycles. The highest BCUT2D eigenvalue weighted by atomic mass is 32.2. The Balaban J connectivity index is 2.52. The van der Waals surface area contributed by atoms with Crippen LogP contribution in [0.2, 0.25) is 0 Å². The fourth-order valence-electron chi connectivity index (χ4n) is 1.68. The Kier molecular flexibility index (Phi) is 6.93. The zero-order valence-corrected chi connectivity index (χ0v) is 13.0. The minimum absolute atomic E-state index is 0.0578. The van der Waals surface area contributed by atoms with Crippen molar-refractivity contribution in [2.24, 2.45) is 0 Å². The second-order valence-electron chi connectivity index (χ2n) is 4.64. The SMILES string of the molecule is CCCC[C@@H](NC(=O)CSc1nc(N)cc(=O)[nH]1)C(C)=O. The summed E-state index contributed by atoms with van der Waals surface area (Å²) in [5, 5.41) is 2.97. The summed E-state index contributed by atoms with van der Waals surface area (Å²) in [6, 6.07) is 0.714. The molecule has 1 aromatic rings. The average Bonchev–Trinajstić information content (AvgIpc) is 2.39. The molecule has 0 spiro atoms. The van der Waals surface area contributed by atoms with Gasteiger partial charge < -0.3 is 16.0 Å². The lowest BCUT2D eigenvalue weighted by atomic mass is 10.1. The molecule has 116 valence electrons. The number of H-pyrrole nitrogens is 1. The van der Waals surface area contributed by atoms with Crippen LogP contribution in [0.4, 0.5) is 5.82 Å². The van der Waals surface area contributed by atoms with Crippen molar-refractivity contribution in [3.8, 4) is 0 Å². The zero-order chi connectivity index (χ0) is 15.8. The average molecular weight is 312 g/mol. The summed E-state index contributed by atoms with van der Waals surface area (Å²) in [6.07, 6.45) is 2.47. The maximum Gasteiger partial charge on any atom is 0.253 e. The summed E-state index contributed by atoms with van der Waals surface area (Å²) in [5.41, 5.74) is 5.09. The summed E-state index contributed by atoms with van der Waals surface area (Å²) in [5.74, 6) is -0.174. The van der Waals surface area contributed by atoms with Gasteiger partial charge in [-0.15, -0.1) is 0 Å². The van der Waals surface area contributed by atoms with Crippen LogP contribution in [0.3, 0.4) is 0 Å². The summed E-state index contributed by atoms with van der Waals surface area (Å²) < 4.78 is 0. The smallest absolute Gasteiger partial charge is 0.253 e. The predicted molar refractivity (Wildman–Crippen MR) is 82.1 cm³/mol. The number of anilines is 1. The summed E-state index contributed by atoms with van der Waals surface area (Å²) in [7, 11) is 0.